The number of aromatic nitrogens is 2. The lowest BCUT2D eigenvalue weighted by atomic mass is 9.50. The van der Waals surface area contributed by atoms with Crippen molar-refractivity contribution in [2.24, 2.45) is 0 Å². The number of benzene rings is 9. The van der Waals surface area contributed by atoms with Crippen LogP contribution < -0.4 is 5.69 Å². The highest BCUT2D eigenvalue weighted by Gasteiger charge is 2.58. The van der Waals surface area contributed by atoms with Crippen LogP contribution >= 0.6 is 0 Å². The van der Waals surface area contributed by atoms with E-state index in [4.69, 9.17) is 0 Å². The molecule has 0 saturated carbocycles. The Balaban J connectivity index is 1.23. The first-order valence-corrected chi connectivity index (χ1v) is 22.1. The van der Waals surface area contributed by atoms with Gasteiger partial charge in [0.25, 0.3) is 0 Å². The molecule has 0 fully saturated rings. The van der Waals surface area contributed by atoms with Crippen molar-refractivity contribution in [2.75, 3.05) is 0 Å². The van der Waals surface area contributed by atoms with Crippen molar-refractivity contribution in [1.82, 2.24) is 8.97 Å². The van der Waals surface area contributed by atoms with Crippen molar-refractivity contribution in [3.8, 4) is 50.3 Å². The van der Waals surface area contributed by atoms with Gasteiger partial charge in [0.05, 0.1) is 33.2 Å². The largest absolute Gasteiger partial charge is 0.338 e. The van der Waals surface area contributed by atoms with Gasteiger partial charge in [0.1, 0.15) is 0 Å². The van der Waals surface area contributed by atoms with Crippen LogP contribution in [0.2, 0.25) is 0 Å². The molecule has 0 amide bonds. The number of hydrogen-bond acceptors (Lipinski definition) is 1. The van der Waals surface area contributed by atoms with Gasteiger partial charge in [-0.15, -0.1) is 0 Å². The molecule has 3 heteroatoms. The number of hydrogen-bond donors (Lipinski definition) is 0. The van der Waals surface area contributed by atoms with Crippen molar-refractivity contribution in [1.29, 1.82) is 0 Å². The normalized spacial score (nSPS) is 14.2. The van der Waals surface area contributed by atoms with Crippen LogP contribution in [0.15, 0.2) is 235 Å². The summed E-state index contributed by atoms with van der Waals surface area (Å²) in [6.45, 7) is 0. The standard InChI is InChI=1S/C61H38N2O/c64-59-62-55(41-22-8-3-9-23-41)34-35-56(62)46-36-43(40-20-6-2-7-21-40)38-54-58(46)63(59)57-33-32-42(39-18-4-1-5-19-39)37-53(57)61(54)51-30-16-14-28-49(51)60(50-29-15-17-31-52(50)61)47-26-12-10-24-44(47)45-25-11-13-27-48(45)60/h1-38H. The second-order valence-electron chi connectivity index (χ2n) is 17.5. The summed E-state index contributed by atoms with van der Waals surface area (Å²) in [6, 6.07) is 83.9. The summed E-state index contributed by atoms with van der Waals surface area (Å²) in [5, 5.41) is 1.03. The molecule has 2 spiro atoms. The van der Waals surface area contributed by atoms with Crippen molar-refractivity contribution >= 4 is 16.4 Å². The molecule has 64 heavy (non-hydrogen) atoms. The molecule has 0 bridgehead atoms. The van der Waals surface area contributed by atoms with Gasteiger partial charge in [0.2, 0.25) is 0 Å². The smallest absolute Gasteiger partial charge is 0.261 e. The van der Waals surface area contributed by atoms with Gasteiger partial charge in [0, 0.05) is 5.39 Å². The Kier molecular flexibility index (Phi) is 7.12. The lowest BCUT2D eigenvalue weighted by Gasteiger charge is -2.52. The molecule has 3 heterocycles. The molecule has 14 rings (SSSR count). The first kappa shape index (κ1) is 35.3. The fraction of sp³-hybridized carbons (Fsp3) is 0.0328. The van der Waals surface area contributed by atoms with E-state index in [0.717, 1.165) is 66.7 Å². The number of nitrogens with zero attached hydrogens (tertiary/aromatic N) is 2. The van der Waals surface area contributed by atoms with Crippen LogP contribution in [0.25, 0.3) is 66.7 Å². The summed E-state index contributed by atoms with van der Waals surface area (Å²) in [4.78, 5) is 15.9. The molecular formula is C61H38N2O. The quantitative estimate of drug-likeness (QED) is 0.174. The first-order valence-electron chi connectivity index (χ1n) is 22.1. The zero-order valence-electron chi connectivity index (χ0n) is 34.7. The maximum atomic E-state index is 15.9. The summed E-state index contributed by atoms with van der Waals surface area (Å²) >= 11 is 0. The predicted molar refractivity (Wildman–Crippen MR) is 260 cm³/mol. The van der Waals surface area contributed by atoms with Crippen molar-refractivity contribution in [3.63, 3.8) is 0 Å². The van der Waals surface area contributed by atoms with E-state index in [9.17, 15) is 0 Å². The Labute approximate surface area is 370 Å². The molecule has 3 aliphatic rings. The van der Waals surface area contributed by atoms with Gasteiger partial charge in [-0.25, -0.2) is 4.79 Å². The van der Waals surface area contributed by atoms with Crippen LogP contribution in [0.3, 0.4) is 0 Å². The second-order valence-corrected chi connectivity index (χ2v) is 17.5. The SMILES string of the molecule is O=c1n2c3c(cc(-c4ccccc4)cc3c3ccc(-c4ccccc4)n13)C1(c3cc(-c4ccccc4)ccc3-2)c2ccccc2C2(c3ccccc3-c3ccccc32)c2ccccc21. The van der Waals surface area contributed by atoms with E-state index in [0.29, 0.717) is 0 Å². The minimum atomic E-state index is -0.853. The van der Waals surface area contributed by atoms with Gasteiger partial charge in [-0.2, -0.15) is 0 Å². The van der Waals surface area contributed by atoms with E-state index in [-0.39, 0.29) is 5.69 Å². The molecule has 11 aromatic rings. The van der Waals surface area contributed by atoms with Crippen LogP contribution in [-0.2, 0) is 10.8 Å². The summed E-state index contributed by atoms with van der Waals surface area (Å²) < 4.78 is 3.97. The Morgan fingerprint density at radius 1 is 0.328 bits per heavy atom. The minimum Gasteiger partial charge on any atom is -0.261 e. The molecule has 0 N–H and O–H groups in total. The third-order valence-electron chi connectivity index (χ3n) is 14.6. The Hall–Kier alpha value is -8.27. The monoisotopic (exact) mass is 814 g/mol. The minimum absolute atomic E-state index is 0.0869. The van der Waals surface area contributed by atoms with E-state index in [1.54, 1.807) is 0 Å². The molecule has 298 valence electrons. The van der Waals surface area contributed by atoms with E-state index in [2.05, 4.69) is 212 Å². The van der Waals surface area contributed by atoms with Crippen molar-refractivity contribution in [3.05, 3.63) is 286 Å². The summed E-state index contributed by atoms with van der Waals surface area (Å²) in [5.74, 6) is 0. The van der Waals surface area contributed by atoms with E-state index in [1.165, 1.54) is 44.5 Å². The molecule has 2 aliphatic carbocycles. The fourth-order valence-corrected chi connectivity index (χ4v) is 12.2. The maximum Gasteiger partial charge on any atom is 0.338 e. The fourth-order valence-electron chi connectivity index (χ4n) is 12.2. The second kappa shape index (κ2) is 12.9. The summed E-state index contributed by atoms with van der Waals surface area (Å²) in [5.41, 5.74) is 19.7. The van der Waals surface area contributed by atoms with E-state index >= 15 is 4.79 Å². The average Bonchev–Trinajstić information content (AvgIpc) is 3.95. The zero-order chi connectivity index (χ0) is 42.1. The average molecular weight is 815 g/mol. The molecule has 0 radical (unpaired) electrons. The summed E-state index contributed by atoms with van der Waals surface area (Å²) in [6.07, 6.45) is 0. The topological polar surface area (TPSA) is 26.4 Å². The first-order chi connectivity index (χ1) is 31.7. The van der Waals surface area contributed by atoms with Gasteiger partial charge >= 0.3 is 5.69 Å². The highest BCUT2D eigenvalue weighted by molar-refractivity contribution is 6.04. The molecule has 0 atom stereocenters. The third-order valence-corrected chi connectivity index (χ3v) is 14.6. The molecule has 1 aliphatic heterocycles. The Bertz CT molecular complexity index is 3710. The van der Waals surface area contributed by atoms with Crippen LogP contribution in [0, 0.1) is 0 Å². The maximum absolute atomic E-state index is 15.9. The lowest BCUT2D eigenvalue weighted by Crippen LogP contribution is -2.47. The molecule has 3 nitrogen and oxygen atoms in total. The highest BCUT2D eigenvalue weighted by atomic mass is 16.1. The Morgan fingerprint density at radius 3 is 1.34 bits per heavy atom. The number of fused-ring (bicyclic) bond motifs is 17. The number of rotatable bonds is 3. The Morgan fingerprint density at radius 2 is 0.781 bits per heavy atom. The predicted octanol–water partition coefficient (Wildman–Crippen LogP) is 13.6. The van der Waals surface area contributed by atoms with Crippen LogP contribution in [0.5, 0.6) is 0 Å². The van der Waals surface area contributed by atoms with Crippen LogP contribution in [-0.4, -0.2) is 8.97 Å². The molecule has 9 aromatic carbocycles. The zero-order valence-corrected chi connectivity index (χ0v) is 34.7. The summed E-state index contributed by atoms with van der Waals surface area (Å²) in [7, 11) is 0. The van der Waals surface area contributed by atoms with E-state index < -0.39 is 10.8 Å². The molecular weight excluding hydrogens is 777 g/mol. The van der Waals surface area contributed by atoms with Crippen LogP contribution in [0.1, 0.15) is 44.5 Å². The van der Waals surface area contributed by atoms with Gasteiger partial charge in [-0.05, 0) is 120 Å². The van der Waals surface area contributed by atoms with Crippen molar-refractivity contribution in [2.45, 2.75) is 10.8 Å². The lowest BCUT2D eigenvalue weighted by molar-refractivity contribution is 0.615. The van der Waals surface area contributed by atoms with Crippen LogP contribution in [0.4, 0.5) is 0 Å². The van der Waals surface area contributed by atoms with Crippen molar-refractivity contribution < 1.29 is 0 Å². The van der Waals surface area contributed by atoms with Gasteiger partial charge in [-0.3, -0.25) is 8.97 Å². The molecule has 2 aromatic heterocycles. The third kappa shape index (κ3) is 4.33. The highest BCUT2D eigenvalue weighted by Crippen LogP contribution is 2.66. The molecule has 0 saturated heterocycles. The molecule has 0 unspecified atom stereocenters. The van der Waals surface area contributed by atoms with Gasteiger partial charge in [0.15, 0.2) is 0 Å². The van der Waals surface area contributed by atoms with E-state index in [1.807, 2.05) is 27.2 Å². The van der Waals surface area contributed by atoms with Gasteiger partial charge < -0.3 is 0 Å². The van der Waals surface area contributed by atoms with Gasteiger partial charge in [-0.1, -0.05) is 194 Å².